The molecule has 2 amide bonds. The summed E-state index contributed by atoms with van der Waals surface area (Å²) in [6.07, 6.45) is 2.63. The van der Waals surface area contributed by atoms with Crippen LogP contribution in [-0.2, 0) is 4.74 Å². The maximum atomic E-state index is 11.7. The first-order valence-corrected chi connectivity index (χ1v) is 6.08. The lowest BCUT2D eigenvalue weighted by Gasteiger charge is -2.27. The summed E-state index contributed by atoms with van der Waals surface area (Å²) in [6, 6.07) is 0.813. The third kappa shape index (κ3) is 3.35. The minimum atomic E-state index is 0.0486. The van der Waals surface area contributed by atoms with Crippen molar-refractivity contribution in [1.29, 1.82) is 0 Å². The summed E-state index contributed by atoms with van der Waals surface area (Å²) in [5.74, 6) is 0. The molecule has 5 nitrogen and oxygen atoms in total. The van der Waals surface area contributed by atoms with Gasteiger partial charge in [-0.15, -0.1) is 0 Å². The molecule has 1 aliphatic carbocycles. The predicted octanol–water partition coefficient (Wildman–Crippen LogP) is 0.122. The highest BCUT2D eigenvalue weighted by atomic mass is 16.5. The van der Waals surface area contributed by atoms with Crippen molar-refractivity contribution in [3.05, 3.63) is 0 Å². The Balaban J connectivity index is 1.59. The third-order valence-corrected chi connectivity index (χ3v) is 3.21. The molecule has 1 aliphatic heterocycles. The van der Waals surface area contributed by atoms with Gasteiger partial charge in [-0.05, 0) is 19.9 Å². The molecule has 0 radical (unpaired) electrons. The highest BCUT2D eigenvalue weighted by molar-refractivity contribution is 5.74. The first-order chi connectivity index (χ1) is 7.77. The maximum Gasteiger partial charge on any atom is 0.317 e. The molecule has 0 spiro atoms. The number of urea groups is 1. The quantitative estimate of drug-likeness (QED) is 0.742. The zero-order valence-corrected chi connectivity index (χ0v) is 9.95. The van der Waals surface area contributed by atoms with Gasteiger partial charge in [-0.2, -0.15) is 0 Å². The van der Waals surface area contributed by atoms with Gasteiger partial charge in [0.25, 0.3) is 0 Å². The van der Waals surface area contributed by atoms with Crippen LogP contribution < -0.4 is 5.32 Å². The Morgan fingerprint density at radius 2 is 2.12 bits per heavy atom. The maximum absolute atomic E-state index is 11.7. The van der Waals surface area contributed by atoms with Crippen molar-refractivity contribution in [2.24, 2.45) is 0 Å². The summed E-state index contributed by atoms with van der Waals surface area (Å²) in [7, 11) is 2.12. The minimum absolute atomic E-state index is 0.0486. The molecular formula is C11H21N3O2. The molecule has 2 aliphatic rings. The number of carbonyl (C=O) groups is 1. The Morgan fingerprint density at radius 3 is 2.75 bits per heavy atom. The van der Waals surface area contributed by atoms with Gasteiger partial charge < -0.3 is 19.9 Å². The second-order valence-corrected chi connectivity index (χ2v) is 4.54. The predicted molar refractivity (Wildman–Crippen MR) is 61.4 cm³/mol. The molecule has 0 aromatic heterocycles. The molecule has 1 N–H and O–H groups in total. The number of likely N-dealkylation sites (N-methyl/N-ethyl adjacent to an activating group) is 1. The largest absolute Gasteiger partial charge is 0.378 e. The van der Waals surface area contributed by atoms with Crippen LogP contribution in [0.3, 0.4) is 0 Å². The molecular weight excluding hydrogens is 206 g/mol. The summed E-state index contributed by atoms with van der Waals surface area (Å²) in [6.45, 7) is 4.43. The molecule has 2 rings (SSSR count). The van der Waals surface area contributed by atoms with Crippen molar-refractivity contribution in [3.63, 3.8) is 0 Å². The molecule has 0 aromatic carbocycles. The number of nitrogens with one attached hydrogen (secondary N) is 1. The Hall–Kier alpha value is -0.810. The van der Waals surface area contributed by atoms with Gasteiger partial charge in [-0.25, -0.2) is 4.79 Å². The van der Waals surface area contributed by atoms with Crippen LogP contribution in [0.25, 0.3) is 0 Å². The highest BCUT2D eigenvalue weighted by Gasteiger charge is 2.25. The number of hydrogen-bond acceptors (Lipinski definition) is 3. The van der Waals surface area contributed by atoms with E-state index < -0.39 is 0 Å². The summed E-state index contributed by atoms with van der Waals surface area (Å²) < 4.78 is 5.20. The Bertz CT molecular complexity index is 237. The zero-order chi connectivity index (χ0) is 11.4. The van der Waals surface area contributed by atoms with Crippen molar-refractivity contribution in [1.82, 2.24) is 15.1 Å². The van der Waals surface area contributed by atoms with E-state index in [1.807, 2.05) is 4.90 Å². The molecule has 0 aromatic rings. The lowest BCUT2D eigenvalue weighted by atomic mass is 10.4. The fraction of sp³-hybridized carbons (Fsp3) is 0.909. The molecule has 5 heteroatoms. The molecule has 16 heavy (non-hydrogen) atoms. The smallest absolute Gasteiger partial charge is 0.317 e. The number of carbonyl (C=O) groups excluding carboxylic acids is 1. The van der Waals surface area contributed by atoms with Crippen molar-refractivity contribution in [2.45, 2.75) is 18.9 Å². The van der Waals surface area contributed by atoms with Crippen LogP contribution in [-0.4, -0.2) is 68.3 Å². The van der Waals surface area contributed by atoms with Gasteiger partial charge in [0.2, 0.25) is 0 Å². The SMILES string of the molecule is CN(CCNC(=O)N1CCOCC1)C1CC1. The van der Waals surface area contributed by atoms with E-state index in [1.165, 1.54) is 12.8 Å². The van der Waals surface area contributed by atoms with Gasteiger partial charge in [0, 0.05) is 32.2 Å². The van der Waals surface area contributed by atoms with Gasteiger partial charge in [-0.1, -0.05) is 0 Å². The third-order valence-electron chi connectivity index (χ3n) is 3.21. The number of rotatable bonds is 4. The topological polar surface area (TPSA) is 44.8 Å². The van der Waals surface area contributed by atoms with Gasteiger partial charge in [-0.3, -0.25) is 0 Å². The van der Waals surface area contributed by atoms with E-state index in [1.54, 1.807) is 0 Å². The van der Waals surface area contributed by atoms with Crippen LogP contribution in [0.5, 0.6) is 0 Å². The summed E-state index contributed by atoms with van der Waals surface area (Å²) in [4.78, 5) is 15.8. The van der Waals surface area contributed by atoms with Crippen molar-refractivity contribution in [2.75, 3.05) is 46.4 Å². The zero-order valence-electron chi connectivity index (χ0n) is 9.95. The van der Waals surface area contributed by atoms with Crippen molar-refractivity contribution in [3.8, 4) is 0 Å². The lowest BCUT2D eigenvalue weighted by molar-refractivity contribution is 0.0531. The molecule has 92 valence electrons. The van der Waals surface area contributed by atoms with E-state index >= 15 is 0 Å². The standard InChI is InChI=1S/C11H21N3O2/c1-13(10-2-3-10)5-4-12-11(15)14-6-8-16-9-7-14/h10H,2-9H2,1H3,(H,12,15). The molecule has 1 saturated carbocycles. The molecule has 1 saturated heterocycles. The van der Waals surface area contributed by atoms with E-state index in [-0.39, 0.29) is 6.03 Å². The van der Waals surface area contributed by atoms with Crippen LogP contribution >= 0.6 is 0 Å². The average molecular weight is 227 g/mol. The molecule has 1 heterocycles. The van der Waals surface area contributed by atoms with Crippen LogP contribution in [0.15, 0.2) is 0 Å². The van der Waals surface area contributed by atoms with Crippen LogP contribution in [0.2, 0.25) is 0 Å². The normalized spacial score (nSPS) is 21.2. The fourth-order valence-corrected chi connectivity index (χ4v) is 1.92. The lowest BCUT2D eigenvalue weighted by Crippen LogP contribution is -2.47. The van der Waals surface area contributed by atoms with Crippen molar-refractivity contribution >= 4 is 6.03 Å². The number of amides is 2. The first kappa shape index (κ1) is 11.7. The summed E-state index contributed by atoms with van der Waals surface area (Å²) in [5, 5.41) is 2.96. The monoisotopic (exact) mass is 227 g/mol. The summed E-state index contributed by atoms with van der Waals surface area (Å²) in [5.41, 5.74) is 0. The van der Waals surface area contributed by atoms with E-state index in [9.17, 15) is 4.79 Å². The second kappa shape index (κ2) is 5.50. The molecule has 2 fully saturated rings. The van der Waals surface area contributed by atoms with E-state index in [0.29, 0.717) is 26.3 Å². The summed E-state index contributed by atoms with van der Waals surface area (Å²) >= 11 is 0. The van der Waals surface area contributed by atoms with Crippen LogP contribution in [0.4, 0.5) is 4.79 Å². The Labute approximate surface area is 96.7 Å². The fourth-order valence-electron chi connectivity index (χ4n) is 1.92. The molecule has 0 bridgehead atoms. The van der Waals surface area contributed by atoms with Gasteiger partial charge in [0.05, 0.1) is 13.2 Å². The molecule has 0 unspecified atom stereocenters. The number of nitrogens with zero attached hydrogens (tertiary/aromatic N) is 2. The van der Waals surface area contributed by atoms with Crippen LogP contribution in [0, 0.1) is 0 Å². The average Bonchev–Trinajstić information content (AvgIpc) is 3.14. The first-order valence-electron chi connectivity index (χ1n) is 6.08. The number of hydrogen-bond donors (Lipinski definition) is 1. The Morgan fingerprint density at radius 1 is 1.44 bits per heavy atom. The molecule has 0 atom stereocenters. The van der Waals surface area contributed by atoms with E-state index in [4.69, 9.17) is 4.74 Å². The second-order valence-electron chi connectivity index (χ2n) is 4.54. The highest BCUT2D eigenvalue weighted by Crippen LogP contribution is 2.24. The number of ether oxygens (including phenoxy) is 1. The van der Waals surface area contributed by atoms with Gasteiger partial charge in [0.15, 0.2) is 0 Å². The van der Waals surface area contributed by atoms with E-state index in [0.717, 1.165) is 19.1 Å². The number of morpholine rings is 1. The van der Waals surface area contributed by atoms with Crippen LogP contribution in [0.1, 0.15) is 12.8 Å². The Kier molecular flexibility index (Phi) is 4.01. The van der Waals surface area contributed by atoms with E-state index in [2.05, 4.69) is 17.3 Å². The minimum Gasteiger partial charge on any atom is -0.378 e. The van der Waals surface area contributed by atoms with Gasteiger partial charge >= 0.3 is 6.03 Å². The van der Waals surface area contributed by atoms with Gasteiger partial charge in [0.1, 0.15) is 0 Å². The van der Waals surface area contributed by atoms with Crippen molar-refractivity contribution < 1.29 is 9.53 Å².